The van der Waals surface area contributed by atoms with Crippen LogP contribution in [-0.4, -0.2) is 34.7 Å². The number of hydrogen-bond acceptors (Lipinski definition) is 6. The van der Waals surface area contributed by atoms with Crippen LogP contribution in [0.3, 0.4) is 0 Å². The van der Waals surface area contributed by atoms with Crippen LogP contribution in [0.2, 0.25) is 0 Å². The molecule has 1 N–H and O–H groups in total. The maximum Gasteiger partial charge on any atom is 0.293 e. The number of benzene rings is 2. The highest BCUT2D eigenvalue weighted by atomic mass is 16.6. The number of aryl methyl sites for hydroxylation is 1. The SMILES string of the molecule is Cc1cccnc1NC(=O)C1CCCN(c2ccc(C(=O)c3ccccc3)cc2[N+](=O)[O-])C1. The number of rotatable bonds is 6. The second-order valence-electron chi connectivity index (χ2n) is 8.10. The first-order chi connectivity index (χ1) is 15.9. The molecule has 1 aromatic heterocycles. The van der Waals surface area contributed by atoms with Crippen molar-refractivity contribution in [3.8, 4) is 0 Å². The van der Waals surface area contributed by atoms with E-state index in [0.29, 0.717) is 36.6 Å². The molecule has 1 amide bonds. The number of nitrogens with one attached hydrogen (secondary N) is 1. The lowest BCUT2D eigenvalue weighted by atomic mass is 9.95. The normalized spacial score (nSPS) is 15.7. The number of carbonyl (C=O) groups excluding carboxylic acids is 2. The summed E-state index contributed by atoms with van der Waals surface area (Å²) in [7, 11) is 0. The molecule has 1 atom stereocenters. The topological polar surface area (TPSA) is 105 Å². The average Bonchev–Trinajstić information content (AvgIpc) is 2.85. The Bertz CT molecular complexity index is 1200. The van der Waals surface area contributed by atoms with Crippen molar-refractivity contribution in [1.82, 2.24) is 4.98 Å². The molecule has 0 spiro atoms. The highest BCUT2D eigenvalue weighted by molar-refractivity contribution is 6.09. The molecule has 2 heterocycles. The number of hydrogen-bond donors (Lipinski definition) is 1. The van der Waals surface area contributed by atoms with Gasteiger partial charge in [0.05, 0.1) is 10.8 Å². The molecule has 168 valence electrons. The van der Waals surface area contributed by atoms with Gasteiger partial charge in [-0.25, -0.2) is 4.98 Å². The quantitative estimate of drug-likeness (QED) is 0.344. The van der Waals surface area contributed by atoms with Gasteiger partial charge < -0.3 is 10.2 Å². The Morgan fingerprint density at radius 3 is 2.61 bits per heavy atom. The lowest BCUT2D eigenvalue weighted by Gasteiger charge is -2.33. The van der Waals surface area contributed by atoms with Gasteiger partial charge in [-0.15, -0.1) is 0 Å². The molecular weight excluding hydrogens is 420 g/mol. The first-order valence-corrected chi connectivity index (χ1v) is 10.8. The second-order valence-corrected chi connectivity index (χ2v) is 8.10. The fourth-order valence-corrected chi connectivity index (χ4v) is 4.08. The van der Waals surface area contributed by atoms with Gasteiger partial charge in [0.15, 0.2) is 5.78 Å². The number of pyridine rings is 1. The van der Waals surface area contributed by atoms with Crippen molar-refractivity contribution in [3.05, 3.63) is 93.7 Å². The van der Waals surface area contributed by atoms with Gasteiger partial charge in [0.25, 0.3) is 5.69 Å². The molecule has 1 aliphatic rings. The van der Waals surface area contributed by atoms with E-state index in [-0.39, 0.29) is 28.9 Å². The molecule has 3 aromatic rings. The number of amides is 1. The summed E-state index contributed by atoms with van der Waals surface area (Å²) in [4.78, 5) is 43.1. The van der Waals surface area contributed by atoms with Gasteiger partial charge in [-0.1, -0.05) is 36.4 Å². The van der Waals surface area contributed by atoms with E-state index in [4.69, 9.17) is 0 Å². The van der Waals surface area contributed by atoms with E-state index < -0.39 is 4.92 Å². The Balaban J connectivity index is 1.55. The summed E-state index contributed by atoms with van der Waals surface area (Å²) in [5.74, 6) is -0.230. The largest absolute Gasteiger partial charge is 0.365 e. The van der Waals surface area contributed by atoms with Crippen molar-refractivity contribution < 1.29 is 14.5 Å². The monoisotopic (exact) mass is 444 g/mol. The summed E-state index contributed by atoms with van der Waals surface area (Å²) >= 11 is 0. The number of piperidine rings is 1. The van der Waals surface area contributed by atoms with Crippen LogP contribution < -0.4 is 10.2 Å². The van der Waals surface area contributed by atoms with Crippen LogP contribution in [0.1, 0.15) is 34.3 Å². The van der Waals surface area contributed by atoms with E-state index >= 15 is 0 Å². The molecule has 4 rings (SSSR count). The van der Waals surface area contributed by atoms with Crippen molar-refractivity contribution in [1.29, 1.82) is 0 Å². The Hall–Kier alpha value is -4.07. The third-order valence-electron chi connectivity index (χ3n) is 5.85. The second kappa shape index (κ2) is 9.60. The van der Waals surface area contributed by atoms with Crippen molar-refractivity contribution in [2.24, 2.45) is 5.92 Å². The van der Waals surface area contributed by atoms with Crippen LogP contribution in [-0.2, 0) is 4.79 Å². The van der Waals surface area contributed by atoms with Crippen LogP contribution in [0.15, 0.2) is 66.9 Å². The number of aromatic nitrogens is 1. The Morgan fingerprint density at radius 1 is 1.09 bits per heavy atom. The number of nitrogens with zero attached hydrogens (tertiary/aromatic N) is 3. The van der Waals surface area contributed by atoms with Gasteiger partial charge in [0.2, 0.25) is 5.91 Å². The lowest BCUT2D eigenvalue weighted by Crippen LogP contribution is -2.41. The molecule has 1 saturated heterocycles. The maximum atomic E-state index is 12.9. The number of carbonyl (C=O) groups is 2. The van der Waals surface area contributed by atoms with Crippen LogP contribution in [0.4, 0.5) is 17.2 Å². The fraction of sp³-hybridized carbons (Fsp3) is 0.240. The van der Waals surface area contributed by atoms with Gasteiger partial charge in [0, 0.05) is 36.5 Å². The molecule has 0 aliphatic carbocycles. The van der Waals surface area contributed by atoms with E-state index in [1.165, 1.54) is 6.07 Å². The summed E-state index contributed by atoms with van der Waals surface area (Å²) in [6.45, 7) is 2.82. The molecule has 2 aromatic carbocycles. The van der Waals surface area contributed by atoms with Crippen molar-refractivity contribution in [2.75, 3.05) is 23.3 Å². The van der Waals surface area contributed by atoms with Gasteiger partial charge >= 0.3 is 0 Å². The summed E-state index contributed by atoms with van der Waals surface area (Å²) in [6.07, 6.45) is 3.03. The minimum atomic E-state index is -0.474. The Morgan fingerprint density at radius 2 is 1.88 bits per heavy atom. The van der Waals surface area contributed by atoms with E-state index in [2.05, 4.69) is 10.3 Å². The number of anilines is 2. The average molecular weight is 444 g/mol. The first kappa shape index (κ1) is 22.1. The zero-order chi connectivity index (χ0) is 23.4. The van der Waals surface area contributed by atoms with Gasteiger partial charge in [-0.3, -0.25) is 19.7 Å². The highest BCUT2D eigenvalue weighted by Gasteiger charge is 2.30. The molecule has 8 nitrogen and oxygen atoms in total. The van der Waals surface area contributed by atoms with Crippen LogP contribution in [0, 0.1) is 23.0 Å². The van der Waals surface area contributed by atoms with Crippen molar-refractivity contribution in [3.63, 3.8) is 0 Å². The van der Waals surface area contributed by atoms with Crippen molar-refractivity contribution in [2.45, 2.75) is 19.8 Å². The van der Waals surface area contributed by atoms with Crippen LogP contribution >= 0.6 is 0 Å². The molecule has 1 fully saturated rings. The molecular formula is C25H24N4O4. The molecule has 33 heavy (non-hydrogen) atoms. The van der Waals surface area contributed by atoms with Crippen LogP contribution in [0.5, 0.6) is 0 Å². The van der Waals surface area contributed by atoms with Crippen LogP contribution in [0.25, 0.3) is 0 Å². The van der Waals surface area contributed by atoms with Gasteiger partial charge in [-0.05, 0) is 43.5 Å². The molecule has 0 bridgehead atoms. The standard InChI is InChI=1S/C25H24N4O4/c1-17-7-5-13-26-24(17)27-25(31)20-10-6-14-28(16-20)21-12-11-19(15-22(21)29(32)33)23(30)18-8-3-2-4-9-18/h2-5,7-9,11-13,15,20H,6,10,14,16H2,1H3,(H,26,27,31). The molecule has 1 aliphatic heterocycles. The van der Waals surface area contributed by atoms with E-state index in [1.54, 1.807) is 54.7 Å². The van der Waals surface area contributed by atoms with Gasteiger partial charge in [-0.2, -0.15) is 0 Å². The third-order valence-corrected chi connectivity index (χ3v) is 5.85. The van der Waals surface area contributed by atoms with E-state index in [0.717, 1.165) is 12.0 Å². The van der Waals surface area contributed by atoms with E-state index in [1.807, 2.05) is 17.9 Å². The fourth-order valence-electron chi connectivity index (χ4n) is 4.08. The Kier molecular flexibility index (Phi) is 6.44. The smallest absolute Gasteiger partial charge is 0.293 e. The zero-order valence-corrected chi connectivity index (χ0v) is 18.2. The molecule has 8 heteroatoms. The predicted octanol–water partition coefficient (Wildman–Crippen LogP) is 4.38. The molecule has 1 unspecified atom stereocenters. The zero-order valence-electron chi connectivity index (χ0n) is 18.2. The third kappa shape index (κ3) is 4.90. The molecule has 0 saturated carbocycles. The lowest BCUT2D eigenvalue weighted by molar-refractivity contribution is -0.384. The van der Waals surface area contributed by atoms with Gasteiger partial charge in [0.1, 0.15) is 11.5 Å². The number of ketones is 1. The number of nitro benzene ring substituents is 1. The maximum absolute atomic E-state index is 12.9. The summed E-state index contributed by atoms with van der Waals surface area (Å²) in [6, 6.07) is 16.9. The minimum Gasteiger partial charge on any atom is -0.365 e. The predicted molar refractivity (Wildman–Crippen MR) is 126 cm³/mol. The summed E-state index contributed by atoms with van der Waals surface area (Å²) in [5.41, 5.74) is 1.87. The van der Waals surface area contributed by atoms with E-state index in [9.17, 15) is 19.7 Å². The number of nitro groups is 1. The minimum absolute atomic E-state index is 0.140. The Labute approximate surface area is 191 Å². The summed E-state index contributed by atoms with van der Waals surface area (Å²) < 4.78 is 0. The van der Waals surface area contributed by atoms with Crippen molar-refractivity contribution >= 4 is 28.9 Å². The molecule has 0 radical (unpaired) electrons. The highest BCUT2D eigenvalue weighted by Crippen LogP contribution is 2.33. The summed E-state index contributed by atoms with van der Waals surface area (Å²) in [5, 5.41) is 14.7. The first-order valence-electron chi connectivity index (χ1n) is 10.8.